The van der Waals surface area contributed by atoms with Gasteiger partial charge in [0.2, 0.25) is 0 Å². The fourth-order valence-corrected chi connectivity index (χ4v) is 3.72. The Balaban J connectivity index is 1.52. The van der Waals surface area contributed by atoms with Crippen LogP contribution in [0, 0.1) is 16.0 Å². The number of rotatable bonds is 9. The number of piperidine rings is 1. The van der Waals surface area contributed by atoms with Crippen LogP contribution in [0.2, 0.25) is 0 Å². The smallest absolute Gasteiger partial charge is 0.410 e. The summed E-state index contributed by atoms with van der Waals surface area (Å²) in [6.45, 7) is 5.27. The highest BCUT2D eigenvalue weighted by atomic mass is 16.6. The zero-order chi connectivity index (χ0) is 26.1. The zero-order valence-corrected chi connectivity index (χ0v) is 20.0. The van der Waals surface area contributed by atoms with Crippen molar-refractivity contribution in [2.75, 3.05) is 19.7 Å². The SMILES string of the molecule is C=C(C)C(=O)OCC(OC(=O)C1CCN(C(=O)OCc2ccccc2[N+](=O)[O-])CC1)c1ccccc1. The number of nitro benzene ring substituents is 1. The lowest BCUT2D eigenvalue weighted by Gasteiger charge is -2.31. The van der Waals surface area contributed by atoms with E-state index in [0.717, 1.165) is 0 Å². The summed E-state index contributed by atoms with van der Waals surface area (Å²) >= 11 is 0. The van der Waals surface area contributed by atoms with Crippen LogP contribution in [0.5, 0.6) is 0 Å². The molecule has 3 rings (SSSR count). The minimum Gasteiger partial charge on any atom is -0.458 e. The second-order valence-corrected chi connectivity index (χ2v) is 8.42. The van der Waals surface area contributed by atoms with Gasteiger partial charge in [0.1, 0.15) is 13.2 Å². The van der Waals surface area contributed by atoms with E-state index in [0.29, 0.717) is 24.0 Å². The molecule has 1 fully saturated rings. The van der Waals surface area contributed by atoms with Crippen molar-refractivity contribution in [2.24, 2.45) is 5.92 Å². The number of amides is 1. The molecule has 2 aromatic rings. The van der Waals surface area contributed by atoms with Crippen LogP contribution in [0.3, 0.4) is 0 Å². The average Bonchev–Trinajstić information content (AvgIpc) is 2.89. The number of nitro groups is 1. The molecular weight excluding hydrogens is 468 g/mol. The summed E-state index contributed by atoms with van der Waals surface area (Å²) in [6.07, 6.45) is -0.639. The molecule has 36 heavy (non-hydrogen) atoms. The molecule has 1 atom stereocenters. The number of esters is 2. The first-order valence-electron chi connectivity index (χ1n) is 11.5. The van der Waals surface area contributed by atoms with Crippen LogP contribution in [0.1, 0.15) is 37.0 Å². The normalized spacial score (nSPS) is 14.4. The molecule has 1 unspecified atom stereocenters. The highest BCUT2D eigenvalue weighted by molar-refractivity contribution is 5.87. The van der Waals surface area contributed by atoms with E-state index in [9.17, 15) is 24.5 Å². The van der Waals surface area contributed by atoms with Crippen molar-refractivity contribution >= 4 is 23.7 Å². The number of carbonyl (C=O) groups is 3. The molecule has 0 spiro atoms. The van der Waals surface area contributed by atoms with Crippen molar-refractivity contribution < 1.29 is 33.5 Å². The van der Waals surface area contributed by atoms with Crippen molar-refractivity contribution in [1.82, 2.24) is 4.90 Å². The molecule has 0 saturated carbocycles. The Kier molecular flexibility index (Phi) is 9.15. The van der Waals surface area contributed by atoms with Gasteiger partial charge in [-0.1, -0.05) is 49.0 Å². The van der Waals surface area contributed by atoms with Crippen molar-refractivity contribution in [1.29, 1.82) is 0 Å². The summed E-state index contributed by atoms with van der Waals surface area (Å²) in [5, 5.41) is 11.1. The molecule has 0 radical (unpaired) electrons. The first kappa shape index (κ1) is 26.4. The van der Waals surface area contributed by atoms with Crippen molar-refractivity contribution in [2.45, 2.75) is 32.5 Å². The molecule has 1 aliphatic heterocycles. The number of hydrogen-bond donors (Lipinski definition) is 0. The van der Waals surface area contributed by atoms with Crippen molar-refractivity contribution in [3.8, 4) is 0 Å². The van der Waals surface area contributed by atoms with Crippen molar-refractivity contribution in [3.63, 3.8) is 0 Å². The van der Waals surface area contributed by atoms with Gasteiger partial charge in [-0.25, -0.2) is 9.59 Å². The zero-order valence-electron chi connectivity index (χ0n) is 20.0. The monoisotopic (exact) mass is 496 g/mol. The van der Waals surface area contributed by atoms with E-state index >= 15 is 0 Å². The van der Waals surface area contributed by atoms with E-state index < -0.39 is 35.0 Å². The molecule has 10 heteroatoms. The Morgan fingerprint density at radius 3 is 2.33 bits per heavy atom. The highest BCUT2D eigenvalue weighted by Crippen LogP contribution is 2.25. The topological polar surface area (TPSA) is 125 Å². The Labute approximate surface area is 208 Å². The van der Waals surface area contributed by atoms with E-state index in [1.165, 1.54) is 24.0 Å². The number of hydrogen-bond acceptors (Lipinski definition) is 8. The second-order valence-electron chi connectivity index (χ2n) is 8.42. The van der Waals surface area contributed by atoms with E-state index in [-0.39, 0.29) is 37.6 Å². The molecule has 2 aromatic carbocycles. The lowest BCUT2D eigenvalue weighted by molar-refractivity contribution is -0.385. The summed E-state index contributed by atoms with van der Waals surface area (Å²) in [4.78, 5) is 49.2. The molecule has 0 N–H and O–H groups in total. The lowest BCUT2D eigenvalue weighted by Crippen LogP contribution is -2.41. The molecule has 1 saturated heterocycles. The van der Waals surface area contributed by atoms with E-state index in [2.05, 4.69) is 6.58 Å². The quantitative estimate of drug-likeness (QED) is 0.165. The number of ether oxygens (including phenoxy) is 3. The number of carbonyl (C=O) groups excluding carboxylic acids is 3. The summed E-state index contributed by atoms with van der Waals surface area (Å²) in [5.74, 6) is -1.45. The highest BCUT2D eigenvalue weighted by Gasteiger charge is 2.31. The van der Waals surface area contributed by atoms with Crippen LogP contribution >= 0.6 is 0 Å². The fourth-order valence-electron chi connectivity index (χ4n) is 3.72. The average molecular weight is 497 g/mol. The Morgan fingerprint density at radius 2 is 1.69 bits per heavy atom. The summed E-state index contributed by atoms with van der Waals surface area (Å²) in [7, 11) is 0. The van der Waals surface area contributed by atoms with Gasteiger partial charge in [0, 0.05) is 24.7 Å². The molecule has 1 aliphatic rings. The summed E-state index contributed by atoms with van der Waals surface area (Å²) in [5.41, 5.74) is 1.12. The third-order valence-electron chi connectivity index (χ3n) is 5.77. The third-order valence-corrected chi connectivity index (χ3v) is 5.77. The largest absolute Gasteiger partial charge is 0.458 e. The van der Waals surface area contributed by atoms with Crippen LogP contribution in [-0.2, 0) is 30.4 Å². The van der Waals surface area contributed by atoms with Gasteiger partial charge < -0.3 is 19.1 Å². The molecular formula is C26H28N2O8. The Morgan fingerprint density at radius 1 is 1.06 bits per heavy atom. The minimum absolute atomic E-state index is 0.117. The third kappa shape index (κ3) is 7.14. The number of nitrogens with zero attached hydrogens (tertiary/aromatic N) is 2. The molecule has 10 nitrogen and oxygen atoms in total. The van der Waals surface area contributed by atoms with Gasteiger partial charge in [-0.3, -0.25) is 14.9 Å². The number of para-hydroxylation sites is 1. The second kappa shape index (κ2) is 12.5. The maximum absolute atomic E-state index is 12.9. The van der Waals surface area contributed by atoms with Gasteiger partial charge in [0.15, 0.2) is 6.10 Å². The minimum atomic E-state index is -0.772. The molecule has 1 heterocycles. The molecule has 0 bridgehead atoms. The standard InChI is InChI=1S/C26H28N2O8/c1-18(2)24(29)34-17-23(19-8-4-3-5-9-19)36-25(30)20-12-14-27(15-13-20)26(31)35-16-21-10-6-7-11-22(21)28(32)33/h3-11,20,23H,1,12-17H2,2H3. The van der Waals surface area contributed by atoms with Crippen LogP contribution in [-0.4, -0.2) is 47.6 Å². The number of likely N-dealkylation sites (tertiary alicyclic amines) is 1. The maximum Gasteiger partial charge on any atom is 0.410 e. The first-order valence-corrected chi connectivity index (χ1v) is 11.5. The first-order chi connectivity index (χ1) is 17.3. The van der Waals surface area contributed by atoms with Gasteiger partial charge in [-0.05, 0) is 31.4 Å². The van der Waals surface area contributed by atoms with Crippen molar-refractivity contribution in [3.05, 3.63) is 88.0 Å². The van der Waals surface area contributed by atoms with E-state index in [1.807, 2.05) is 6.07 Å². The van der Waals surface area contributed by atoms with Crippen LogP contribution in [0.4, 0.5) is 10.5 Å². The van der Waals surface area contributed by atoms with Crippen LogP contribution in [0.25, 0.3) is 0 Å². The molecule has 190 valence electrons. The van der Waals surface area contributed by atoms with Gasteiger partial charge in [-0.15, -0.1) is 0 Å². The van der Waals surface area contributed by atoms with Gasteiger partial charge >= 0.3 is 18.0 Å². The van der Waals surface area contributed by atoms with Gasteiger partial charge in [0.05, 0.1) is 16.4 Å². The molecule has 1 amide bonds. The molecule has 0 aromatic heterocycles. The fraction of sp³-hybridized carbons (Fsp3) is 0.346. The Hall–Kier alpha value is -4.21. The van der Waals surface area contributed by atoms with Gasteiger partial charge in [-0.2, -0.15) is 0 Å². The van der Waals surface area contributed by atoms with Crippen LogP contribution in [0.15, 0.2) is 66.7 Å². The van der Waals surface area contributed by atoms with Crippen LogP contribution < -0.4 is 0 Å². The maximum atomic E-state index is 12.9. The Bertz CT molecular complexity index is 1110. The molecule has 0 aliphatic carbocycles. The predicted octanol–water partition coefficient (Wildman–Crippen LogP) is 4.35. The van der Waals surface area contributed by atoms with Gasteiger partial charge in [0.25, 0.3) is 5.69 Å². The predicted molar refractivity (Wildman–Crippen MR) is 129 cm³/mol. The lowest BCUT2D eigenvalue weighted by atomic mass is 9.97. The summed E-state index contributed by atoms with van der Waals surface area (Å²) in [6, 6.07) is 15.0. The number of benzene rings is 2. The van der Waals surface area contributed by atoms with E-state index in [4.69, 9.17) is 14.2 Å². The summed E-state index contributed by atoms with van der Waals surface area (Å²) < 4.78 is 16.2. The van der Waals surface area contributed by atoms with E-state index in [1.54, 1.807) is 36.4 Å².